The molecule has 2 rings (SSSR count). The fourth-order valence-corrected chi connectivity index (χ4v) is 3.74. The molecule has 2 aromatic rings. The monoisotopic (exact) mass is 418 g/mol. The molecule has 0 aliphatic heterocycles. The number of hydrogen-bond donors (Lipinski definition) is 2. The molecule has 8 heteroatoms. The zero-order valence-corrected chi connectivity index (χ0v) is 18.0. The zero-order chi connectivity index (χ0) is 21.8. The molecule has 1 atom stereocenters. The predicted octanol–water partition coefficient (Wildman–Crippen LogP) is 3.17. The van der Waals surface area contributed by atoms with Gasteiger partial charge in [0.15, 0.2) is 6.10 Å². The summed E-state index contributed by atoms with van der Waals surface area (Å²) >= 11 is 0. The minimum Gasteiger partial charge on any atom is -0.449 e. The number of sulfonamides is 1. The number of hydrogen-bond acceptors (Lipinski definition) is 5. The molecular weight excluding hydrogens is 392 g/mol. The average Bonchev–Trinajstić information content (AvgIpc) is 2.63. The smallest absolute Gasteiger partial charge is 0.338 e. The molecule has 1 amide bonds. The minimum absolute atomic E-state index is 0.0958. The van der Waals surface area contributed by atoms with E-state index in [0.29, 0.717) is 11.3 Å². The highest BCUT2D eigenvalue weighted by Gasteiger charge is 2.20. The van der Waals surface area contributed by atoms with Gasteiger partial charge in [-0.1, -0.05) is 6.07 Å². The van der Waals surface area contributed by atoms with Gasteiger partial charge in [-0.25, -0.2) is 17.9 Å². The molecule has 0 aliphatic rings. The molecule has 0 aliphatic carbocycles. The average molecular weight is 419 g/mol. The molecule has 7 nitrogen and oxygen atoms in total. The van der Waals surface area contributed by atoms with Crippen molar-refractivity contribution in [1.82, 2.24) is 4.72 Å². The van der Waals surface area contributed by atoms with Crippen LogP contribution in [0.4, 0.5) is 5.69 Å². The Morgan fingerprint density at radius 3 is 2.10 bits per heavy atom. The first-order chi connectivity index (χ1) is 13.5. The highest BCUT2D eigenvalue weighted by Crippen LogP contribution is 2.16. The molecule has 0 radical (unpaired) electrons. The summed E-state index contributed by atoms with van der Waals surface area (Å²) in [5, 5.41) is 2.61. The van der Waals surface area contributed by atoms with Crippen molar-refractivity contribution in [2.24, 2.45) is 0 Å². The van der Waals surface area contributed by atoms with E-state index < -0.39 is 28.0 Å². The largest absolute Gasteiger partial charge is 0.449 e. The number of nitrogens with one attached hydrogen (secondary N) is 2. The second-order valence-corrected chi connectivity index (χ2v) is 8.85. The maximum Gasteiger partial charge on any atom is 0.338 e. The van der Waals surface area contributed by atoms with Gasteiger partial charge in [0.2, 0.25) is 10.0 Å². The number of ether oxygens (including phenoxy) is 1. The number of benzene rings is 2. The van der Waals surface area contributed by atoms with Gasteiger partial charge in [0.1, 0.15) is 0 Å². The van der Waals surface area contributed by atoms with Crippen LogP contribution in [0, 0.1) is 13.8 Å². The summed E-state index contributed by atoms with van der Waals surface area (Å²) in [7, 11) is -3.61. The van der Waals surface area contributed by atoms with Crippen LogP contribution in [0.25, 0.3) is 0 Å². The van der Waals surface area contributed by atoms with Crippen molar-refractivity contribution in [3.63, 3.8) is 0 Å². The number of carbonyl (C=O) groups excluding carboxylic acids is 2. The van der Waals surface area contributed by atoms with E-state index in [9.17, 15) is 18.0 Å². The summed E-state index contributed by atoms with van der Waals surface area (Å²) in [6.07, 6.45) is -1.02. The Labute approximate surface area is 171 Å². The van der Waals surface area contributed by atoms with E-state index in [1.54, 1.807) is 26.0 Å². The van der Waals surface area contributed by atoms with Crippen LogP contribution in [-0.4, -0.2) is 32.4 Å². The summed E-state index contributed by atoms with van der Waals surface area (Å²) in [6, 6.07) is 10.7. The Balaban J connectivity index is 2.00. The molecule has 0 spiro atoms. The van der Waals surface area contributed by atoms with E-state index in [2.05, 4.69) is 10.0 Å². The van der Waals surface area contributed by atoms with Crippen LogP contribution in [0.2, 0.25) is 0 Å². The highest BCUT2D eigenvalue weighted by atomic mass is 32.2. The lowest BCUT2D eigenvalue weighted by molar-refractivity contribution is -0.123. The van der Waals surface area contributed by atoms with Crippen LogP contribution in [0.5, 0.6) is 0 Å². The van der Waals surface area contributed by atoms with Gasteiger partial charge in [0, 0.05) is 11.7 Å². The van der Waals surface area contributed by atoms with Crippen LogP contribution < -0.4 is 10.0 Å². The SMILES string of the molecule is Cc1ccc(C(=O)OC(C)C(=O)Nc2ccc(S(=O)(=O)NC(C)C)cc2)cc1C. The second-order valence-electron chi connectivity index (χ2n) is 7.14. The molecule has 0 saturated heterocycles. The summed E-state index contributed by atoms with van der Waals surface area (Å²) < 4.78 is 32.0. The lowest BCUT2D eigenvalue weighted by atomic mass is 10.1. The Kier molecular flexibility index (Phi) is 7.16. The first kappa shape index (κ1) is 22.6. The second kappa shape index (κ2) is 9.19. The van der Waals surface area contributed by atoms with Crippen molar-refractivity contribution >= 4 is 27.6 Å². The standard InChI is InChI=1S/C21H26N2O5S/c1-13(2)23-29(26,27)19-10-8-18(9-11-19)22-20(24)16(5)28-21(25)17-7-6-14(3)15(4)12-17/h6-13,16,23H,1-5H3,(H,22,24). The lowest BCUT2D eigenvalue weighted by Gasteiger charge is -2.14. The van der Waals surface area contributed by atoms with E-state index in [4.69, 9.17) is 4.74 Å². The summed E-state index contributed by atoms with van der Waals surface area (Å²) in [4.78, 5) is 24.6. The fraction of sp³-hybridized carbons (Fsp3) is 0.333. The molecule has 0 fully saturated rings. The van der Waals surface area contributed by atoms with Gasteiger partial charge in [-0.05, 0) is 82.1 Å². The van der Waals surface area contributed by atoms with Crippen molar-refractivity contribution in [3.8, 4) is 0 Å². The molecular formula is C21H26N2O5S. The first-order valence-corrected chi connectivity index (χ1v) is 10.7. The predicted molar refractivity (Wildman–Crippen MR) is 111 cm³/mol. The number of amides is 1. The van der Waals surface area contributed by atoms with Crippen molar-refractivity contribution in [1.29, 1.82) is 0 Å². The van der Waals surface area contributed by atoms with Gasteiger partial charge in [-0.3, -0.25) is 4.79 Å². The normalized spacial score (nSPS) is 12.5. The number of rotatable bonds is 7. The highest BCUT2D eigenvalue weighted by molar-refractivity contribution is 7.89. The third-order valence-electron chi connectivity index (χ3n) is 4.22. The van der Waals surface area contributed by atoms with Crippen LogP contribution >= 0.6 is 0 Å². The van der Waals surface area contributed by atoms with Crippen LogP contribution in [0.3, 0.4) is 0 Å². The molecule has 0 bridgehead atoms. The fourth-order valence-electron chi connectivity index (χ4n) is 2.49. The molecule has 0 heterocycles. The topological polar surface area (TPSA) is 102 Å². The molecule has 0 aromatic heterocycles. The molecule has 2 N–H and O–H groups in total. The Morgan fingerprint density at radius 2 is 1.55 bits per heavy atom. The maximum absolute atomic E-state index is 12.3. The molecule has 2 aromatic carbocycles. The quantitative estimate of drug-likeness (QED) is 0.673. The molecule has 1 unspecified atom stereocenters. The lowest BCUT2D eigenvalue weighted by Crippen LogP contribution is -2.30. The van der Waals surface area contributed by atoms with Crippen LogP contribution in [0.1, 0.15) is 42.3 Å². The molecule has 156 valence electrons. The van der Waals surface area contributed by atoms with Gasteiger partial charge in [0.05, 0.1) is 10.5 Å². The summed E-state index contributed by atoms with van der Waals surface area (Å²) in [6.45, 7) is 8.76. The number of aryl methyl sites for hydroxylation is 2. The van der Waals surface area contributed by atoms with Gasteiger partial charge in [-0.15, -0.1) is 0 Å². The maximum atomic E-state index is 12.3. The third-order valence-corrected chi connectivity index (χ3v) is 5.89. The number of anilines is 1. The zero-order valence-electron chi connectivity index (χ0n) is 17.1. The third kappa shape index (κ3) is 6.13. The minimum atomic E-state index is -3.61. The molecule has 29 heavy (non-hydrogen) atoms. The van der Waals surface area contributed by atoms with E-state index in [0.717, 1.165) is 11.1 Å². The Morgan fingerprint density at radius 1 is 0.931 bits per heavy atom. The Hall–Kier alpha value is -2.71. The number of esters is 1. The van der Waals surface area contributed by atoms with Gasteiger partial charge in [-0.2, -0.15) is 0 Å². The van der Waals surface area contributed by atoms with Gasteiger partial charge < -0.3 is 10.1 Å². The first-order valence-electron chi connectivity index (χ1n) is 9.21. The van der Waals surface area contributed by atoms with Crippen LogP contribution in [-0.2, 0) is 19.6 Å². The van der Waals surface area contributed by atoms with E-state index in [1.807, 2.05) is 19.9 Å². The van der Waals surface area contributed by atoms with Crippen molar-refractivity contribution in [3.05, 3.63) is 59.2 Å². The van der Waals surface area contributed by atoms with Crippen molar-refractivity contribution in [2.75, 3.05) is 5.32 Å². The Bertz CT molecular complexity index is 998. The van der Waals surface area contributed by atoms with Crippen molar-refractivity contribution < 1.29 is 22.7 Å². The molecule has 0 saturated carbocycles. The van der Waals surface area contributed by atoms with E-state index in [1.165, 1.54) is 31.2 Å². The van der Waals surface area contributed by atoms with Gasteiger partial charge >= 0.3 is 5.97 Å². The van der Waals surface area contributed by atoms with Crippen LogP contribution in [0.15, 0.2) is 47.4 Å². The van der Waals surface area contributed by atoms with Crippen molar-refractivity contribution in [2.45, 2.75) is 51.7 Å². The van der Waals surface area contributed by atoms with E-state index >= 15 is 0 Å². The number of carbonyl (C=O) groups is 2. The summed E-state index contributed by atoms with van der Waals surface area (Å²) in [5.74, 6) is -1.10. The van der Waals surface area contributed by atoms with Gasteiger partial charge in [0.25, 0.3) is 5.91 Å². The summed E-state index contributed by atoms with van der Waals surface area (Å²) in [5.41, 5.74) is 2.78. The van der Waals surface area contributed by atoms with E-state index in [-0.39, 0.29) is 10.9 Å².